The van der Waals surface area contributed by atoms with E-state index in [2.05, 4.69) is 28.1 Å². The van der Waals surface area contributed by atoms with Crippen LogP contribution in [0.3, 0.4) is 0 Å². The van der Waals surface area contributed by atoms with E-state index in [0.717, 1.165) is 10.0 Å². The number of nitrogens with zero attached hydrogens (tertiary/aromatic N) is 1. The van der Waals surface area contributed by atoms with Gasteiger partial charge < -0.3 is 10.6 Å². The lowest BCUT2D eigenvalue weighted by Gasteiger charge is -2.16. The maximum absolute atomic E-state index is 12.5. The van der Waals surface area contributed by atoms with Crippen LogP contribution in [-0.4, -0.2) is 29.9 Å². The molecule has 1 amide bonds. The Hall–Kier alpha value is -1.36. The Morgan fingerprint density at radius 1 is 1.13 bits per heavy atom. The van der Waals surface area contributed by atoms with E-state index >= 15 is 0 Å². The molecule has 0 radical (unpaired) electrons. The quantitative estimate of drug-likeness (QED) is 0.866. The smallest absolute Gasteiger partial charge is 0.227 e. The summed E-state index contributed by atoms with van der Waals surface area (Å²) in [4.78, 5) is 14.4. The highest BCUT2D eigenvalue weighted by atomic mass is 79.9. The van der Waals surface area contributed by atoms with Crippen LogP contribution in [-0.2, 0) is 11.2 Å². The van der Waals surface area contributed by atoms with Gasteiger partial charge in [0.15, 0.2) is 0 Å². The highest BCUT2D eigenvalue weighted by Crippen LogP contribution is 2.26. The predicted molar refractivity (Wildman–Crippen MR) is 98.8 cm³/mol. The van der Waals surface area contributed by atoms with Crippen molar-refractivity contribution in [2.45, 2.75) is 18.4 Å². The number of halogens is 2. The van der Waals surface area contributed by atoms with Crippen molar-refractivity contribution in [1.29, 1.82) is 0 Å². The molecule has 0 spiro atoms. The van der Waals surface area contributed by atoms with E-state index < -0.39 is 0 Å². The Morgan fingerprint density at radius 2 is 1.87 bits per heavy atom. The minimum atomic E-state index is 0. The maximum atomic E-state index is 12.5. The average Bonchev–Trinajstić information content (AvgIpc) is 2.90. The SMILES string of the molecule is Cl.N[C@@H]1CN(C(=O)Cc2cccc(Br)c2)C[C@H]1c1ccccc1. The van der Waals surface area contributed by atoms with Crippen LogP contribution in [0.4, 0.5) is 0 Å². The second-order valence-corrected chi connectivity index (χ2v) is 6.70. The number of rotatable bonds is 3. The number of carbonyl (C=O) groups is 1. The molecule has 1 aliphatic rings. The fourth-order valence-electron chi connectivity index (χ4n) is 3.02. The van der Waals surface area contributed by atoms with Crippen molar-refractivity contribution in [2.24, 2.45) is 5.73 Å². The summed E-state index contributed by atoms with van der Waals surface area (Å²) in [6.45, 7) is 1.34. The summed E-state index contributed by atoms with van der Waals surface area (Å²) in [5.41, 5.74) is 8.50. The van der Waals surface area contributed by atoms with Crippen molar-refractivity contribution in [3.8, 4) is 0 Å². The zero-order chi connectivity index (χ0) is 15.5. The highest BCUT2D eigenvalue weighted by molar-refractivity contribution is 9.10. The Morgan fingerprint density at radius 3 is 2.57 bits per heavy atom. The molecule has 0 aromatic heterocycles. The van der Waals surface area contributed by atoms with Gasteiger partial charge in [-0.1, -0.05) is 58.4 Å². The summed E-state index contributed by atoms with van der Waals surface area (Å²) >= 11 is 3.44. The molecule has 0 aliphatic carbocycles. The van der Waals surface area contributed by atoms with E-state index in [-0.39, 0.29) is 30.3 Å². The summed E-state index contributed by atoms with van der Waals surface area (Å²) < 4.78 is 0.998. The van der Waals surface area contributed by atoms with Gasteiger partial charge in [-0.05, 0) is 23.3 Å². The van der Waals surface area contributed by atoms with Crippen LogP contribution in [0.25, 0.3) is 0 Å². The van der Waals surface area contributed by atoms with Crippen molar-refractivity contribution >= 4 is 34.2 Å². The van der Waals surface area contributed by atoms with Gasteiger partial charge >= 0.3 is 0 Å². The highest BCUT2D eigenvalue weighted by Gasteiger charge is 2.33. The van der Waals surface area contributed by atoms with Crippen molar-refractivity contribution < 1.29 is 4.79 Å². The van der Waals surface area contributed by atoms with Gasteiger partial charge in [-0.25, -0.2) is 0 Å². The first-order valence-electron chi connectivity index (χ1n) is 7.46. The summed E-state index contributed by atoms with van der Waals surface area (Å²) in [7, 11) is 0. The number of amides is 1. The Kier molecular flexibility index (Phi) is 6.22. The standard InChI is InChI=1S/C18H19BrN2O.ClH/c19-15-8-4-5-13(9-15)10-18(22)21-11-16(17(20)12-21)14-6-2-1-3-7-14;/h1-9,16-17H,10-12,20H2;1H/t16-,17+;/m0./s1. The first-order valence-corrected chi connectivity index (χ1v) is 8.25. The van der Waals surface area contributed by atoms with Crippen LogP contribution in [0.1, 0.15) is 17.0 Å². The van der Waals surface area contributed by atoms with Crippen molar-refractivity contribution in [1.82, 2.24) is 4.90 Å². The normalized spacial score (nSPS) is 20.2. The minimum absolute atomic E-state index is 0. The van der Waals surface area contributed by atoms with Gasteiger partial charge in [0, 0.05) is 29.5 Å². The van der Waals surface area contributed by atoms with E-state index in [1.807, 2.05) is 47.4 Å². The van der Waals surface area contributed by atoms with Crippen LogP contribution in [0, 0.1) is 0 Å². The van der Waals surface area contributed by atoms with Gasteiger partial charge in [0.1, 0.15) is 0 Å². The molecule has 0 bridgehead atoms. The number of carbonyl (C=O) groups excluding carboxylic acids is 1. The summed E-state index contributed by atoms with van der Waals surface area (Å²) in [6.07, 6.45) is 0.424. The first-order chi connectivity index (χ1) is 10.6. The topological polar surface area (TPSA) is 46.3 Å². The van der Waals surface area contributed by atoms with Gasteiger partial charge in [0.05, 0.1) is 6.42 Å². The molecule has 2 aromatic carbocycles. The lowest BCUT2D eigenvalue weighted by molar-refractivity contribution is -0.129. The van der Waals surface area contributed by atoms with Crippen LogP contribution < -0.4 is 5.73 Å². The second-order valence-electron chi connectivity index (χ2n) is 5.79. The third-order valence-corrected chi connectivity index (χ3v) is 4.68. The summed E-state index contributed by atoms with van der Waals surface area (Å²) in [5, 5.41) is 0. The molecule has 23 heavy (non-hydrogen) atoms. The van der Waals surface area contributed by atoms with Crippen LogP contribution >= 0.6 is 28.3 Å². The van der Waals surface area contributed by atoms with E-state index in [0.29, 0.717) is 19.5 Å². The lowest BCUT2D eigenvalue weighted by Crippen LogP contribution is -2.33. The lowest BCUT2D eigenvalue weighted by atomic mass is 9.95. The predicted octanol–water partition coefficient (Wildman–Crippen LogP) is 3.37. The molecule has 3 rings (SSSR count). The van der Waals surface area contributed by atoms with Crippen LogP contribution in [0.5, 0.6) is 0 Å². The van der Waals surface area contributed by atoms with Crippen LogP contribution in [0.15, 0.2) is 59.1 Å². The molecule has 0 saturated carbocycles. The molecule has 3 nitrogen and oxygen atoms in total. The maximum Gasteiger partial charge on any atom is 0.227 e. The Balaban J connectivity index is 0.00000192. The fourth-order valence-corrected chi connectivity index (χ4v) is 3.47. The van der Waals surface area contributed by atoms with E-state index in [4.69, 9.17) is 5.73 Å². The molecule has 2 N–H and O–H groups in total. The van der Waals surface area contributed by atoms with Crippen molar-refractivity contribution in [3.05, 3.63) is 70.2 Å². The third kappa shape index (κ3) is 4.34. The monoisotopic (exact) mass is 394 g/mol. The molecule has 1 saturated heterocycles. The number of hydrogen-bond donors (Lipinski definition) is 1. The average molecular weight is 396 g/mol. The largest absolute Gasteiger partial charge is 0.340 e. The summed E-state index contributed by atoms with van der Waals surface area (Å²) in [6, 6.07) is 18.1. The van der Waals surface area contributed by atoms with E-state index in [9.17, 15) is 4.79 Å². The number of likely N-dealkylation sites (tertiary alicyclic amines) is 1. The molecule has 122 valence electrons. The van der Waals surface area contributed by atoms with E-state index in [1.54, 1.807) is 0 Å². The fraction of sp³-hybridized carbons (Fsp3) is 0.278. The summed E-state index contributed by atoms with van der Waals surface area (Å²) in [5.74, 6) is 0.375. The molecule has 2 atom stereocenters. The molecular weight excluding hydrogens is 376 g/mol. The minimum Gasteiger partial charge on any atom is -0.340 e. The van der Waals surface area contributed by atoms with Crippen molar-refractivity contribution in [3.63, 3.8) is 0 Å². The molecule has 1 aliphatic heterocycles. The van der Waals surface area contributed by atoms with Gasteiger partial charge in [-0.2, -0.15) is 0 Å². The molecule has 1 heterocycles. The number of hydrogen-bond acceptors (Lipinski definition) is 2. The first kappa shape index (κ1) is 18.0. The van der Waals surface area contributed by atoms with Gasteiger partial charge in [0.25, 0.3) is 0 Å². The molecule has 2 aromatic rings. The van der Waals surface area contributed by atoms with E-state index in [1.165, 1.54) is 5.56 Å². The van der Waals surface area contributed by atoms with Gasteiger partial charge in [-0.3, -0.25) is 4.79 Å². The Bertz CT molecular complexity index is 665. The van der Waals surface area contributed by atoms with Gasteiger partial charge in [0.2, 0.25) is 5.91 Å². The number of nitrogens with two attached hydrogens (primary N) is 1. The second kappa shape index (κ2) is 7.95. The zero-order valence-corrected chi connectivity index (χ0v) is 15.1. The van der Waals surface area contributed by atoms with Crippen molar-refractivity contribution in [2.75, 3.05) is 13.1 Å². The molecular formula is C18H20BrClN2O. The number of benzene rings is 2. The molecule has 1 fully saturated rings. The Labute approximate surface area is 151 Å². The molecule has 5 heteroatoms. The molecule has 0 unspecified atom stereocenters. The third-order valence-electron chi connectivity index (χ3n) is 4.19. The van der Waals surface area contributed by atoms with Crippen LogP contribution in [0.2, 0.25) is 0 Å². The van der Waals surface area contributed by atoms with Gasteiger partial charge in [-0.15, -0.1) is 12.4 Å². The zero-order valence-electron chi connectivity index (χ0n) is 12.7.